The average molecular weight is 389 g/mol. The first-order chi connectivity index (χ1) is 11.5. The lowest BCUT2D eigenvalue weighted by Crippen LogP contribution is -2.22. The number of carbonyl (C=O) groups is 2. The Morgan fingerprint density at radius 2 is 1.83 bits per heavy atom. The summed E-state index contributed by atoms with van der Waals surface area (Å²) >= 11 is 3.07. The molecule has 8 heteroatoms. The number of carbonyl (C=O) groups excluding carboxylic acids is 2. The average Bonchev–Trinajstić information content (AvgIpc) is 2.59. The van der Waals surface area contributed by atoms with Crippen molar-refractivity contribution in [1.29, 1.82) is 0 Å². The molecule has 0 saturated heterocycles. The summed E-state index contributed by atoms with van der Waals surface area (Å²) in [6, 6.07) is 7.32. The summed E-state index contributed by atoms with van der Waals surface area (Å²) in [5.74, 6) is -1.10. The number of ether oxygens (including phenoxy) is 1. The number of Topliss-reactive ketones (excluding diaryl/α,β-unsaturated/α-hetero) is 2. The molecule has 24 heavy (non-hydrogen) atoms. The third-order valence-electron chi connectivity index (χ3n) is 3.59. The standard InChI is InChI=1S/C16H9BrN2O5/c1-24-16-12(17)15(21)11-9(14(16)20)6-7-18-13(11)8-4-2-3-5-10(8)19(22)23/h2-7H,1H3. The van der Waals surface area contributed by atoms with Crippen molar-refractivity contribution in [1.82, 2.24) is 4.98 Å². The van der Waals surface area contributed by atoms with Crippen LogP contribution in [0, 0.1) is 10.1 Å². The van der Waals surface area contributed by atoms with Gasteiger partial charge in [-0.15, -0.1) is 0 Å². The van der Waals surface area contributed by atoms with Crippen molar-refractivity contribution < 1.29 is 19.2 Å². The van der Waals surface area contributed by atoms with E-state index in [9.17, 15) is 19.7 Å². The van der Waals surface area contributed by atoms with Crippen LogP contribution in [0.4, 0.5) is 5.69 Å². The zero-order chi connectivity index (χ0) is 17.4. The maximum atomic E-state index is 12.7. The molecule has 1 aliphatic carbocycles. The zero-order valence-electron chi connectivity index (χ0n) is 12.3. The second-order valence-electron chi connectivity index (χ2n) is 4.86. The van der Waals surface area contributed by atoms with Gasteiger partial charge in [-0.2, -0.15) is 0 Å². The fourth-order valence-electron chi connectivity index (χ4n) is 2.54. The number of rotatable bonds is 3. The van der Waals surface area contributed by atoms with Gasteiger partial charge in [-0.05, 0) is 28.1 Å². The van der Waals surface area contributed by atoms with Gasteiger partial charge >= 0.3 is 0 Å². The molecule has 0 amide bonds. The molecule has 2 aromatic rings. The van der Waals surface area contributed by atoms with Crippen LogP contribution in [0.1, 0.15) is 20.7 Å². The van der Waals surface area contributed by atoms with Crippen LogP contribution in [-0.4, -0.2) is 28.6 Å². The third-order valence-corrected chi connectivity index (χ3v) is 4.31. The molecule has 3 rings (SSSR count). The topological polar surface area (TPSA) is 99.4 Å². The summed E-state index contributed by atoms with van der Waals surface area (Å²) in [6.45, 7) is 0. The highest BCUT2D eigenvalue weighted by Gasteiger charge is 2.35. The maximum absolute atomic E-state index is 12.7. The molecule has 0 atom stereocenters. The Labute approximate surface area is 144 Å². The summed E-state index contributed by atoms with van der Waals surface area (Å²) in [6.07, 6.45) is 1.34. The molecule has 0 spiro atoms. The number of pyridine rings is 1. The van der Waals surface area contributed by atoms with Gasteiger partial charge in [-0.3, -0.25) is 24.7 Å². The van der Waals surface area contributed by atoms with E-state index in [0.717, 1.165) is 0 Å². The molecular formula is C16H9BrN2O5. The number of ketones is 2. The number of aromatic nitrogens is 1. The molecule has 1 aromatic carbocycles. The van der Waals surface area contributed by atoms with Crippen molar-refractivity contribution in [2.45, 2.75) is 0 Å². The molecule has 0 aliphatic heterocycles. The summed E-state index contributed by atoms with van der Waals surface area (Å²) < 4.78 is 4.95. The lowest BCUT2D eigenvalue weighted by Gasteiger charge is -2.18. The number of hydrogen-bond acceptors (Lipinski definition) is 6. The van der Waals surface area contributed by atoms with Gasteiger partial charge in [0, 0.05) is 17.8 Å². The van der Waals surface area contributed by atoms with E-state index in [1.54, 1.807) is 6.07 Å². The van der Waals surface area contributed by atoms with E-state index < -0.39 is 16.5 Å². The molecular weight excluding hydrogens is 380 g/mol. The Hall–Kier alpha value is -2.87. The molecule has 1 aliphatic rings. The quantitative estimate of drug-likeness (QED) is 0.590. The first kappa shape index (κ1) is 16.0. The molecule has 120 valence electrons. The van der Waals surface area contributed by atoms with Crippen LogP contribution in [-0.2, 0) is 4.74 Å². The molecule has 0 bridgehead atoms. The van der Waals surface area contributed by atoms with Crippen LogP contribution >= 0.6 is 15.9 Å². The monoisotopic (exact) mass is 388 g/mol. The minimum Gasteiger partial charge on any atom is -0.491 e. The number of nitro benzene ring substituents is 1. The van der Waals surface area contributed by atoms with Gasteiger partial charge in [-0.1, -0.05) is 12.1 Å². The Balaban J connectivity index is 2.32. The number of nitrogens with zero attached hydrogens (tertiary/aromatic N) is 2. The largest absolute Gasteiger partial charge is 0.491 e. The normalized spacial score (nSPS) is 13.8. The van der Waals surface area contributed by atoms with E-state index in [-0.39, 0.29) is 38.3 Å². The van der Waals surface area contributed by atoms with Crippen LogP contribution < -0.4 is 0 Å². The summed E-state index contributed by atoms with van der Waals surface area (Å²) in [7, 11) is 1.29. The highest BCUT2D eigenvalue weighted by molar-refractivity contribution is 9.12. The van der Waals surface area contributed by atoms with E-state index in [2.05, 4.69) is 20.9 Å². The smallest absolute Gasteiger partial charge is 0.278 e. The predicted molar refractivity (Wildman–Crippen MR) is 88.0 cm³/mol. The minimum atomic E-state index is -0.559. The summed E-state index contributed by atoms with van der Waals surface area (Å²) in [4.78, 5) is 40.0. The number of fused-ring (bicyclic) bond motifs is 1. The van der Waals surface area contributed by atoms with Gasteiger partial charge in [-0.25, -0.2) is 0 Å². The van der Waals surface area contributed by atoms with Crippen molar-refractivity contribution in [3.05, 3.63) is 68.0 Å². The fraction of sp³-hybridized carbons (Fsp3) is 0.0625. The second-order valence-corrected chi connectivity index (χ2v) is 5.65. The van der Waals surface area contributed by atoms with Crippen molar-refractivity contribution in [3.63, 3.8) is 0 Å². The lowest BCUT2D eigenvalue weighted by molar-refractivity contribution is -0.384. The first-order valence-corrected chi connectivity index (χ1v) is 7.52. The Morgan fingerprint density at radius 3 is 2.50 bits per heavy atom. The minimum absolute atomic E-state index is 0.0180. The summed E-state index contributed by atoms with van der Waals surface area (Å²) in [5.41, 5.74) is 0.177. The van der Waals surface area contributed by atoms with Crippen LogP contribution in [0.2, 0.25) is 0 Å². The van der Waals surface area contributed by atoms with Crippen molar-refractivity contribution in [2.75, 3.05) is 7.11 Å². The van der Waals surface area contributed by atoms with Gasteiger partial charge in [0.1, 0.15) is 4.48 Å². The van der Waals surface area contributed by atoms with Gasteiger partial charge in [0.2, 0.25) is 11.6 Å². The number of methoxy groups -OCH3 is 1. The highest BCUT2D eigenvalue weighted by atomic mass is 79.9. The number of nitro groups is 1. The molecule has 0 saturated carbocycles. The van der Waals surface area contributed by atoms with Gasteiger partial charge in [0.05, 0.1) is 28.9 Å². The molecule has 1 heterocycles. The van der Waals surface area contributed by atoms with E-state index in [4.69, 9.17) is 4.74 Å². The fourth-order valence-corrected chi connectivity index (χ4v) is 3.08. The zero-order valence-corrected chi connectivity index (χ0v) is 13.9. The molecule has 0 radical (unpaired) electrons. The first-order valence-electron chi connectivity index (χ1n) is 6.73. The van der Waals surface area contributed by atoms with Crippen LogP contribution in [0.15, 0.2) is 46.8 Å². The number of allylic oxidation sites excluding steroid dienone is 2. The Kier molecular flexibility index (Phi) is 3.98. The highest BCUT2D eigenvalue weighted by Crippen LogP contribution is 2.37. The number of para-hydroxylation sites is 1. The third kappa shape index (κ3) is 2.31. The van der Waals surface area contributed by atoms with E-state index >= 15 is 0 Å². The summed E-state index contributed by atoms with van der Waals surface area (Å²) in [5, 5.41) is 11.3. The Bertz CT molecular complexity index is 936. The van der Waals surface area contributed by atoms with E-state index in [1.165, 1.54) is 37.6 Å². The van der Waals surface area contributed by atoms with Gasteiger partial charge in [0.15, 0.2) is 5.76 Å². The number of benzene rings is 1. The molecule has 0 N–H and O–H groups in total. The molecule has 7 nitrogen and oxygen atoms in total. The van der Waals surface area contributed by atoms with Crippen LogP contribution in [0.25, 0.3) is 11.3 Å². The van der Waals surface area contributed by atoms with Crippen molar-refractivity contribution in [2.24, 2.45) is 0 Å². The van der Waals surface area contributed by atoms with Gasteiger partial charge < -0.3 is 4.74 Å². The molecule has 1 aromatic heterocycles. The van der Waals surface area contributed by atoms with Gasteiger partial charge in [0.25, 0.3) is 5.69 Å². The van der Waals surface area contributed by atoms with E-state index in [0.29, 0.717) is 0 Å². The predicted octanol–water partition coefficient (Wildman–Crippen LogP) is 3.29. The van der Waals surface area contributed by atoms with Crippen molar-refractivity contribution >= 4 is 33.2 Å². The number of halogens is 1. The SMILES string of the molecule is COC1=C(Br)C(=O)c2c(ccnc2-c2ccccc2[N+](=O)[O-])C1=O. The van der Waals surface area contributed by atoms with Crippen LogP contribution in [0.3, 0.4) is 0 Å². The maximum Gasteiger partial charge on any atom is 0.278 e. The lowest BCUT2D eigenvalue weighted by atomic mass is 9.90. The second kappa shape index (κ2) is 5.97. The van der Waals surface area contributed by atoms with Crippen LogP contribution in [0.5, 0.6) is 0 Å². The number of hydrogen-bond donors (Lipinski definition) is 0. The van der Waals surface area contributed by atoms with Crippen molar-refractivity contribution in [3.8, 4) is 11.3 Å². The van der Waals surface area contributed by atoms with E-state index in [1.807, 2.05) is 0 Å². The Morgan fingerprint density at radius 1 is 1.12 bits per heavy atom. The molecule has 0 fully saturated rings. The molecule has 0 unspecified atom stereocenters.